The Morgan fingerprint density at radius 1 is 1.07 bits per heavy atom. The lowest BCUT2D eigenvalue weighted by Crippen LogP contribution is -2.28. The summed E-state index contributed by atoms with van der Waals surface area (Å²) in [6.07, 6.45) is 0.880. The van der Waals surface area contributed by atoms with E-state index in [4.69, 9.17) is 4.74 Å². The van der Waals surface area contributed by atoms with Crippen LogP contribution in [0, 0.1) is 0 Å². The summed E-state index contributed by atoms with van der Waals surface area (Å²) in [6, 6.07) is 16.6. The highest BCUT2D eigenvalue weighted by molar-refractivity contribution is 6.02. The lowest BCUT2D eigenvalue weighted by Gasteiger charge is -2.11. The standard InChI is InChI=1S/C22H20N4O4/c27-20(26-13-12-17(25-26)15-6-2-1-3-7-15)14-30-21(28)11-10-19-23-18-9-5-4-8-16(18)22(29)24-19/h1-9H,10-14H2,(H,23,24,29). The molecule has 3 aromatic rings. The van der Waals surface area contributed by atoms with Gasteiger partial charge < -0.3 is 9.72 Å². The number of hydrazone groups is 1. The number of aromatic nitrogens is 2. The smallest absolute Gasteiger partial charge is 0.306 e. The van der Waals surface area contributed by atoms with Crippen LogP contribution in [0.3, 0.4) is 0 Å². The van der Waals surface area contributed by atoms with E-state index >= 15 is 0 Å². The molecule has 1 aliphatic rings. The number of carbonyl (C=O) groups is 2. The first-order valence-electron chi connectivity index (χ1n) is 9.67. The Morgan fingerprint density at radius 3 is 2.67 bits per heavy atom. The van der Waals surface area contributed by atoms with Crippen LogP contribution >= 0.6 is 0 Å². The fourth-order valence-corrected chi connectivity index (χ4v) is 3.23. The van der Waals surface area contributed by atoms with Gasteiger partial charge >= 0.3 is 5.97 Å². The predicted molar refractivity (Wildman–Crippen MR) is 111 cm³/mol. The molecule has 0 fully saturated rings. The molecule has 30 heavy (non-hydrogen) atoms. The number of nitrogens with zero attached hydrogens (tertiary/aromatic N) is 3. The van der Waals surface area contributed by atoms with Crippen LogP contribution in [0.4, 0.5) is 0 Å². The third-order valence-electron chi connectivity index (χ3n) is 4.78. The van der Waals surface area contributed by atoms with Crippen LogP contribution in [-0.4, -0.2) is 45.7 Å². The van der Waals surface area contributed by atoms with Crippen molar-refractivity contribution in [2.45, 2.75) is 19.3 Å². The summed E-state index contributed by atoms with van der Waals surface area (Å²) >= 11 is 0. The number of esters is 1. The molecule has 0 spiro atoms. The van der Waals surface area contributed by atoms with Crippen molar-refractivity contribution in [3.8, 4) is 0 Å². The highest BCUT2D eigenvalue weighted by Crippen LogP contribution is 2.14. The lowest BCUT2D eigenvalue weighted by atomic mass is 10.1. The molecule has 0 radical (unpaired) electrons. The maximum atomic E-state index is 12.3. The van der Waals surface area contributed by atoms with E-state index in [1.54, 1.807) is 24.3 Å². The van der Waals surface area contributed by atoms with E-state index < -0.39 is 5.97 Å². The molecule has 1 N–H and O–H groups in total. The van der Waals surface area contributed by atoms with Crippen LogP contribution in [-0.2, 0) is 20.7 Å². The van der Waals surface area contributed by atoms with Crippen LogP contribution in [0.2, 0.25) is 0 Å². The molecule has 152 valence electrons. The third-order valence-corrected chi connectivity index (χ3v) is 4.78. The number of para-hydroxylation sites is 1. The molecule has 8 heteroatoms. The SMILES string of the molecule is O=C(CCc1nc2ccccc2c(=O)[nH]1)OCC(=O)N1CCC(c2ccccc2)=N1. The minimum atomic E-state index is -0.536. The summed E-state index contributed by atoms with van der Waals surface area (Å²) in [6.45, 7) is 0.0922. The van der Waals surface area contributed by atoms with Crippen LogP contribution in [0.1, 0.15) is 24.2 Å². The molecule has 2 heterocycles. The molecule has 0 aliphatic carbocycles. The first kappa shape index (κ1) is 19.5. The van der Waals surface area contributed by atoms with Gasteiger partial charge in [-0.25, -0.2) is 9.99 Å². The average Bonchev–Trinajstić information content (AvgIpc) is 3.27. The van der Waals surface area contributed by atoms with Gasteiger partial charge in [0, 0.05) is 12.8 Å². The average molecular weight is 404 g/mol. The minimum Gasteiger partial charge on any atom is -0.455 e. The van der Waals surface area contributed by atoms with Gasteiger partial charge in [-0.3, -0.25) is 14.4 Å². The zero-order chi connectivity index (χ0) is 20.9. The number of aryl methyl sites for hydroxylation is 1. The summed E-state index contributed by atoms with van der Waals surface area (Å²) < 4.78 is 5.08. The number of hydrogen-bond donors (Lipinski definition) is 1. The quantitative estimate of drug-likeness (QED) is 0.633. The fourth-order valence-electron chi connectivity index (χ4n) is 3.23. The second-order valence-electron chi connectivity index (χ2n) is 6.87. The lowest BCUT2D eigenvalue weighted by molar-refractivity contribution is -0.151. The topological polar surface area (TPSA) is 105 Å². The molecule has 0 unspecified atom stereocenters. The number of amides is 1. The molecule has 4 rings (SSSR count). The van der Waals surface area contributed by atoms with Gasteiger partial charge in [0.05, 0.1) is 29.6 Å². The summed E-state index contributed by atoms with van der Waals surface area (Å²) in [5, 5.41) is 6.15. The maximum Gasteiger partial charge on any atom is 0.306 e. The molecule has 0 saturated heterocycles. The van der Waals surface area contributed by atoms with E-state index in [9.17, 15) is 14.4 Å². The fraction of sp³-hybridized carbons (Fsp3) is 0.227. The normalized spacial score (nSPS) is 13.3. The number of rotatable bonds is 6. The Labute approximate surface area is 172 Å². The predicted octanol–water partition coefficient (Wildman–Crippen LogP) is 2.04. The van der Waals surface area contributed by atoms with E-state index in [0.717, 1.165) is 11.3 Å². The van der Waals surface area contributed by atoms with E-state index in [2.05, 4.69) is 15.1 Å². The molecule has 0 atom stereocenters. The van der Waals surface area contributed by atoms with Crippen LogP contribution < -0.4 is 5.56 Å². The molecule has 1 aliphatic heterocycles. The highest BCUT2D eigenvalue weighted by atomic mass is 16.5. The van der Waals surface area contributed by atoms with Crippen molar-refractivity contribution in [1.29, 1.82) is 0 Å². The van der Waals surface area contributed by atoms with E-state index in [0.29, 0.717) is 29.7 Å². The summed E-state index contributed by atoms with van der Waals surface area (Å²) in [4.78, 5) is 43.4. The summed E-state index contributed by atoms with van der Waals surface area (Å²) in [5.41, 5.74) is 2.13. The van der Waals surface area contributed by atoms with E-state index in [1.165, 1.54) is 5.01 Å². The Hall–Kier alpha value is -3.81. The Bertz CT molecular complexity index is 1170. The van der Waals surface area contributed by atoms with Gasteiger partial charge in [0.2, 0.25) is 0 Å². The van der Waals surface area contributed by atoms with Gasteiger partial charge in [-0.1, -0.05) is 42.5 Å². The number of fused-ring (bicyclic) bond motifs is 1. The number of benzene rings is 2. The van der Waals surface area contributed by atoms with Crippen LogP contribution in [0.25, 0.3) is 10.9 Å². The number of nitrogens with one attached hydrogen (secondary N) is 1. The zero-order valence-corrected chi connectivity index (χ0v) is 16.2. The first-order valence-corrected chi connectivity index (χ1v) is 9.67. The van der Waals surface area contributed by atoms with Gasteiger partial charge in [0.15, 0.2) is 6.61 Å². The van der Waals surface area contributed by atoms with Gasteiger partial charge in [-0.2, -0.15) is 5.10 Å². The number of ether oxygens (including phenoxy) is 1. The monoisotopic (exact) mass is 404 g/mol. The third kappa shape index (κ3) is 4.43. The number of aromatic amines is 1. The highest BCUT2D eigenvalue weighted by Gasteiger charge is 2.22. The van der Waals surface area contributed by atoms with Crippen LogP contribution in [0.15, 0.2) is 64.5 Å². The second kappa shape index (κ2) is 8.69. The van der Waals surface area contributed by atoms with Crippen LogP contribution in [0.5, 0.6) is 0 Å². The largest absolute Gasteiger partial charge is 0.455 e. The van der Waals surface area contributed by atoms with Gasteiger partial charge in [0.1, 0.15) is 5.82 Å². The van der Waals surface area contributed by atoms with Crippen molar-refractivity contribution < 1.29 is 14.3 Å². The molecule has 0 bridgehead atoms. The molecule has 0 saturated carbocycles. The van der Waals surface area contributed by atoms with Gasteiger partial charge in [0.25, 0.3) is 11.5 Å². The number of carbonyl (C=O) groups excluding carboxylic acids is 2. The summed E-state index contributed by atoms with van der Waals surface area (Å²) in [5.74, 6) is -0.504. The minimum absolute atomic E-state index is 0.00704. The van der Waals surface area contributed by atoms with Crippen molar-refractivity contribution in [3.05, 3.63) is 76.3 Å². The van der Waals surface area contributed by atoms with E-state index in [1.807, 2.05) is 30.3 Å². The van der Waals surface area contributed by atoms with Gasteiger partial charge in [-0.05, 0) is 17.7 Å². The van der Waals surface area contributed by atoms with Crippen molar-refractivity contribution in [1.82, 2.24) is 15.0 Å². The van der Waals surface area contributed by atoms with Crippen molar-refractivity contribution in [2.24, 2.45) is 5.10 Å². The zero-order valence-electron chi connectivity index (χ0n) is 16.2. The van der Waals surface area contributed by atoms with E-state index in [-0.39, 0.29) is 30.9 Å². The first-order chi connectivity index (χ1) is 14.6. The molecular formula is C22H20N4O4. The molecular weight excluding hydrogens is 384 g/mol. The maximum absolute atomic E-state index is 12.3. The van der Waals surface area contributed by atoms with Crippen molar-refractivity contribution in [2.75, 3.05) is 13.2 Å². The molecule has 8 nitrogen and oxygen atoms in total. The molecule has 2 aromatic carbocycles. The molecule has 1 aromatic heterocycles. The van der Waals surface area contributed by atoms with Gasteiger partial charge in [-0.15, -0.1) is 0 Å². The number of H-pyrrole nitrogens is 1. The van der Waals surface area contributed by atoms with Crippen molar-refractivity contribution >= 4 is 28.5 Å². The Kier molecular flexibility index (Phi) is 5.65. The molecule has 1 amide bonds. The van der Waals surface area contributed by atoms with Crippen molar-refractivity contribution in [3.63, 3.8) is 0 Å². The number of hydrogen-bond acceptors (Lipinski definition) is 6. The Morgan fingerprint density at radius 2 is 1.83 bits per heavy atom. The second-order valence-corrected chi connectivity index (χ2v) is 6.87. The Balaban J connectivity index is 1.28. The summed E-state index contributed by atoms with van der Waals surface area (Å²) in [7, 11) is 0.